The lowest BCUT2D eigenvalue weighted by molar-refractivity contribution is -0.126. The molecule has 0 fully saturated rings. The van der Waals surface area contributed by atoms with Gasteiger partial charge in [-0.05, 0) is 45.5 Å². The molecule has 0 aliphatic heterocycles. The average molecular weight is 264 g/mol. The zero-order chi connectivity index (χ0) is 14.4. The molecule has 106 valence electrons. The number of rotatable bonds is 6. The summed E-state index contributed by atoms with van der Waals surface area (Å²) >= 11 is 0. The Morgan fingerprint density at radius 2 is 1.84 bits per heavy atom. The highest BCUT2D eigenvalue weighted by molar-refractivity contribution is 5.81. The highest BCUT2D eigenvalue weighted by atomic mass is 16.5. The molecule has 1 atom stereocenters. The Morgan fingerprint density at radius 3 is 2.32 bits per heavy atom. The van der Waals surface area contributed by atoms with Crippen LogP contribution in [0.25, 0.3) is 0 Å². The number of carbonyl (C=O) groups excluding carboxylic acids is 1. The lowest BCUT2D eigenvalue weighted by Gasteiger charge is -2.24. The quantitative estimate of drug-likeness (QED) is 0.855. The molecule has 0 saturated carbocycles. The third kappa shape index (κ3) is 4.91. The second-order valence-electron chi connectivity index (χ2n) is 5.10. The van der Waals surface area contributed by atoms with Crippen molar-refractivity contribution in [1.82, 2.24) is 10.2 Å². The molecule has 0 aliphatic rings. The van der Waals surface area contributed by atoms with Gasteiger partial charge in [-0.25, -0.2) is 0 Å². The molecule has 0 heterocycles. The van der Waals surface area contributed by atoms with Gasteiger partial charge in [-0.15, -0.1) is 0 Å². The van der Waals surface area contributed by atoms with Gasteiger partial charge in [0.1, 0.15) is 5.75 Å². The van der Waals surface area contributed by atoms with Crippen molar-refractivity contribution in [3.63, 3.8) is 0 Å². The van der Waals surface area contributed by atoms with Crippen LogP contribution in [0.5, 0.6) is 5.75 Å². The zero-order valence-corrected chi connectivity index (χ0v) is 12.4. The molecule has 0 aliphatic carbocycles. The predicted molar refractivity (Wildman–Crippen MR) is 77.2 cm³/mol. The fourth-order valence-corrected chi connectivity index (χ4v) is 1.76. The molecule has 1 amide bonds. The number of methoxy groups -OCH3 is 1. The van der Waals surface area contributed by atoms with Crippen molar-refractivity contribution < 1.29 is 9.53 Å². The highest BCUT2D eigenvalue weighted by Gasteiger charge is 2.18. The number of likely N-dealkylation sites (N-methyl/N-ethyl adjacent to an activating group) is 1. The Morgan fingerprint density at radius 1 is 1.26 bits per heavy atom. The summed E-state index contributed by atoms with van der Waals surface area (Å²) in [6.07, 6.45) is 0. The predicted octanol–water partition coefficient (Wildman–Crippen LogP) is 2.04. The fourth-order valence-electron chi connectivity index (χ4n) is 1.76. The number of hydrogen-bond donors (Lipinski definition) is 1. The smallest absolute Gasteiger partial charge is 0.237 e. The molecule has 1 aromatic rings. The Labute approximate surface area is 115 Å². The average Bonchev–Trinajstić information content (AvgIpc) is 2.37. The molecule has 4 heteroatoms. The van der Waals surface area contributed by atoms with Gasteiger partial charge in [-0.3, -0.25) is 9.69 Å². The van der Waals surface area contributed by atoms with Crippen LogP contribution in [0.1, 0.15) is 26.3 Å². The lowest BCUT2D eigenvalue weighted by atomic mass is 10.1. The molecule has 1 N–H and O–H groups in total. The SMILES string of the molecule is COc1ccc(CN(C)[C@@H](C)C(=O)NC(C)C)cc1. The fraction of sp³-hybridized carbons (Fsp3) is 0.533. The van der Waals surface area contributed by atoms with Gasteiger partial charge in [0.25, 0.3) is 0 Å². The summed E-state index contributed by atoms with van der Waals surface area (Å²) in [5.41, 5.74) is 1.16. The van der Waals surface area contributed by atoms with Crippen LogP contribution < -0.4 is 10.1 Å². The van der Waals surface area contributed by atoms with Crippen LogP contribution in [0.15, 0.2) is 24.3 Å². The number of nitrogens with zero attached hydrogens (tertiary/aromatic N) is 1. The van der Waals surface area contributed by atoms with Gasteiger partial charge in [0.15, 0.2) is 0 Å². The van der Waals surface area contributed by atoms with E-state index in [9.17, 15) is 4.79 Å². The Hall–Kier alpha value is -1.55. The minimum absolute atomic E-state index is 0.0611. The maximum absolute atomic E-state index is 11.9. The van der Waals surface area contributed by atoms with Crippen LogP contribution in [0.3, 0.4) is 0 Å². The maximum Gasteiger partial charge on any atom is 0.237 e. The number of nitrogens with one attached hydrogen (secondary N) is 1. The zero-order valence-electron chi connectivity index (χ0n) is 12.4. The van der Waals surface area contributed by atoms with Crippen LogP contribution in [0.4, 0.5) is 0 Å². The Kier molecular flexibility index (Phi) is 5.83. The summed E-state index contributed by atoms with van der Waals surface area (Å²) in [5, 5.41) is 2.93. The molecule has 19 heavy (non-hydrogen) atoms. The molecule has 0 saturated heterocycles. The molecule has 0 bridgehead atoms. The molecule has 1 aromatic carbocycles. The first kappa shape index (κ1) is 15.5. The highest BCUT2D eigenvalue weighted by Crippen LogP contribution is 2.13. The van der Waals surface area contributed by atoms with Gasteiger partial charge < -0.3 is 10.1 Å². The maximum atomic E-state index is 11.9. The Balaban J connectivity index is 2.57. The van der Waals surface area contributed by atoms with Crippen molar-refractivity contribution in [3.05, 3.63) is 29.8 Å². The lowest BCUT2D eigenvalue weighted by Crippen LogP contribution is -2.45. The van der Waals surface area contributed by atoms with Crippen molar-refractivity contribution in [2.45, 2.75) is 39.4 Å². The number of amides is 1. The molecule has 1 rings (SSSR count). The van der Waals surface area contributed by atoms with Crippen LogP contribution in [0, 0.1) is 0 Å². The van der Waals surface area contributed by atoms with E-state index in [1.54, 1.807) is 7.11 Å². The molecule has 4 nitrogen and oxygen atoms in total. The summed E-state index contributed by atoms with van der Waals surface area (Å²) in [6.45, 7) is 6.58. The van der Waals surface area contributed by atoms with E-state index in [0.717, 1.165) is 17.9 Å². The first-order valence-corrected chi connectivity index (χ1v) is 6.57. The number of ether oxygens (including phenoxy) is 1. The number of carbonyl (C=O) groups is 1. The van der Waals surface area contributed by atoms with Gasteiger partial charge in [-0.1, -0.05) is 12.1 Å². The van der Waals surface area contributed by atoms with Crippen LogP contribution in [-0.4, -0.2) is 37.0 Å². The normalized spacial score (nSPS) is 12.6. The molecular weight excluding hydrogens is 240 g/mol. The first-order valence-electron chi connectivity index (χ1n) is 6.57. The second kappa shape index (κ2) is 7.14. The van der Waals surface area contributed by atoms with Crippen molar-refractivity contribution >= 4 is 5.91 Å². The van der Waals surface area contributed by atoms with Crippen LogP contribution in [-0.2, 0) is 11.3 Å². The van der Waals surface area contributed by atoms with E-state index < -0.39 is 0 Å². The van der Waals surface area contributed by atoms with E-state index in [-0.39, 0.29) is 18.0 Å². The largest absolute Gasteiger partial charge is 0.497 e. The Bertz CT molecular complexity index is 401. The van der Waals surface area contributed by atoms with E-state index in [1.165, 1.54) is 0 Å². The summed E-state index contributed by atoms with van der Waals surface area (Å²) in [6, 6.07) is 7.92. The van der Waals surface area contributed by atoms with E-state index in [4.69, 9.17) is 4.74 Å². The van der Waals surface area contributed by atoms with Gasteiger partial charge in [0.2, 0.25) is 5.91 Å². The van der Waals surface area contributed by atoms with Crippen LogP contribution in [0.2, 0.25) is 0 Å². The van der Waals surface area contributed by atoms with E-state index in [1.807, 2.05) is 57.0 Å². The van der Waals surface area contributed by atoms with Crippen molar-refractivity contribution in [1.29, 1.82) is 0 Å². The molecule has 0 spiro atoms. The summed E-state index contributed by atoms with van der Waals surface area (Å²) in [5.74, 6) is 0.906. The van der Waals surface area contributed by atoms with Crippen molar-refractivity contribution in [2.24, 2.45) is 0 Å². The first-order chi connectivity index (χ1) is 8.93. The molecule has 0 unspecified atom stereocenters. The topological polar surface area (TPSA) is 41.6 Å². The summed E-state index contributed by atoms with van der Waals surface area (Å²) < 4.78 is 5.13. The van der Waals surface area contributed by atoms with Crippen LogP contribution >= 0.6 is 0 Å². The summed E-state index contributed by atoms with van der Waals surface area (Å²) in [7, 11) is 3.61. The van der Waals surface area contributed by atoms with E-state index in [2.05, 4.69) is 5.32 Å². The minimum atomic E-state index is -0.149. The standard InChI is InChI=1S/C15H24N2O2/c1-11(2)16-15(18)12(3)17(4)10-13-6-8-14(19-5)9-7-13/h6-9,11-12H,10H2,1-5H3,(H,16,18)/t12-/m0/s1. The van der Waals surface area contributed by atoms with E-state index >= 15 is 0 Å². The second-order valence-corrected chi connectivity index (χ2v) is 5.10. The molecule has 0 aromatic heterocycles. The van der Waals surface area contributed by atoms with Crippen molar-refractivity contribution in [3.8, 4) is 5.75 Å². The molecular formula is C15H24N2O2. The van der Waals surface area contributed by atoms with Gasteiger partial charge >= 0.3 is 0 Å². The third-order valence-electron chi connectivity index (χ3n) is 3.06. The van der Waals surface area contributed by atoms with Gasteiger partial charge in [0, 0.05) is 12.6 Å². The number of benzene rings is 1. The van der Waals surface area contributed by atoms with Gasteiger partial charge in [0.05, 0.1) is 13.2 Å². The van der Waals surface area contributed by atoms with Gasteiger partial charge in [-0.2, -0.15) is 0 Å². The minimum Gasteiger partial charge on any atom is -0.497 e. The molecule has 0 radical (unpaired) electrons. The van der Waals surface area contributed by atoms with E-state index in [0.29, 0.717) is 0 Å². The van der Waals surface area contributed by atoms with Crippen molar-refractivity contribution in [2.75, 3.05) is 14.2 Å². The number of hydrogen-bond acceptors (Lipinski definition) is 3. The third-order valence-corrected chi connectivity index (χ3v) is 3.06. The summed E-state index contributed by atoms with van der Waals surface area (Å²) in [4.78, 5) is 13.9. The monoisotopic (exact) mass is 264 g/mol.